The predicted molar refractivity (Wildman–Crippen MR) is 556 cm³/mol. The van der Waals surface area contributed by atoms with Crippen molar-refractivity contribution in [3.8, 4) is 6.07 Å². The second-order valence-electron chi connectivity index (χ2n) is 33.4. The molecule has 0 aliphatic carbocycles. The Morgan fingerprint density at radius 1 is 0.308 bits per heavy atom. The summed E-state index contributed by atoms with van der Waals surface area (Å²) in [7, 11) is -17.7. The Morgan fingerprint density at radius 3 is 0.958 bits per heavy atom. The molecule has 0 atom stereocenters. The molecular formula is C108H105BrF2N12O15S5. The van der Waals surface area contributed by atoms with Crippen LogP contribution in [0.2, 0.25) is 0 Å². The van der Waals surface area contributed by atoms with Gasteiger partial charge < -0.3 is 26.6 Å². The third-order valence-corrected chi connectivity index (χ3v) is 33.5. The van der Waals surface area contributed by atoms with E-state index in [0.29, 0.717) is 118 Å². The number of amides is 5. The van der Waals surface area contributed by atoms with Gasteiger partial charge in [-0.15, -0.1) is 0 Å². The summed E-state index contributed by atoms with van der Waals surface area (Å²) >= 11 is 3.37. The third kappa shape index (κ3) is 30.5. The van der Waals surface area contributed by atoms with Gasteiger partial charge in [0.25, 0.3) is 0 Å². The highest BCUT2D eigenvalue weighted by atomic mass is 79.9. The molecule has 0 bridgehead atoms. The van der Waals surface area contributed by atoms with E-state index in [0.717, 1.165) is 114 Å². The number of hydrogen-bond donors (Lipinski definition) is 5. The Kier molecular flexibility index (Phi) is 38.0. The van der Waals surface area contributed by atoms with Crippen LogP contribution in [0.3, 0.4) is 0 Å². The average Bonchev–Trinajstić information content (AvgIpc) is 0.783. The average molecular weight is 2090 g/mol. The fourth-order valence-electron chi connectivity index (χ4n) is 15.7. The Hall–Kier alpha value is -14.0. The molecule has 6 heterocycles. The van der Waals surface area contributed by atoms with E-state index in [2.05, 4.69) is 53.6 Å². The zero-order chi connectivity index (χ0) is 101. The maximum absolute atomic E-state index is 13.6. The zero-order valence-electron chi connectivity index (χ0n) is 77.8. The number of benzene rings is 11. The molecule has 5 amide bonds. The highest BCUT2D eigenvalue weighted by Gasteiger charge is 2.33. The summed E-state index contributed by atoms with van der Waals surface area (Å²) in [4.78, 5) is 65.4. The molecule has 0 spiro atoms. The summed E-state index contributed by atoms with van der Waals surface area (Å²) in [6.07, 6.45) is 27.5. The summed E-state index contributed by atoms with van der Waals surface area (Å²) in [5.41, 5.74) is 10.5. The van der Waals surface area contributed by atoms with Crippen molar-refractivity contribution >= 4 is 154 Å². The van der Waals surface area contributed by atoms with Crippen molar-refractivity contribution in [3.63, 3.8) is 0 Å². The Bertz CT molecular complexity index is 7260. The quantitative estimate of drug-likeness (QED) is 0.0332. The van der Waals surface area contributed by atoms with Gasteiger partial charge in [0.2, 0.25) is 79.7 Å². The first kappa shape index (κ1) is 106. The number of anilines is 5. The van der Waals surface area contributed by atoms with Crippen LogP contribution >= 0.6 is 15.9 Å². The molecule has 17 rings (SSSR count). The molecule has 12 aromatic rings. The second-order valence-corrected chi connectivity index (χ2v) is 44.0. The number of nitriles is 1. The molecule has 35 heteroatoms. The lowest BCUT2D eigenvalue weighted by molar-refractivity contribution is -0.112. The molecule has 1 aromatic heterocycles. The van der Waals surface area contributed by atoms with Crippen LogP contribution in [0.15, 0.2) is 351 Å². The van der Waals surface area contributed by atoms with Crippen molar-refractivity contribution in [2.45, 2.75) is 108 Å². The first-order valence-corrected chi connectivity index (χ1v) is 54.1. The number of carbonyl (C=O) groups is 5. The summed E-state index contributed by atoms with van der Waals surface area (Å²) in [5, 5.41) is 22.5. The first-order valence-electron chi connectivity index (χ1n) is 46.1. The third-order valence-electron chi connectivity index (χ3n) is 23.5. The number of fused-ring (bicyclic) bond motifs is 2. The topological polar surface area (TPSA) is 369 Å². The normalized spacial score (nSPS) is 15.1. The number of piperidine rings is 3. The number of rotatable bonds is 25. The first-order chi connectivity index (χ1) is 68.9. The van der Waals surface area contributed by atoms with E-state index in [9.17, 15) is 74.8 Å². The van der Waals surface area contributed by atoms with Gasteiger partial charge in [0.05, 0.1) is 36.1 Å². The molecule has 5 aliphatic rings. The molecule has 11 aromatic carbocycles. The van der Waals surface area contributed by atoms with Crippen molar-refractivity contribution in [2.24, 2.45) is 0 Å². The van der Waals surface area contributed by atoms with Gasteiger partial charge in [0.15, 0.2) is 0 Å². The molecule has 27 nitrogen and oxygen atoms in total. The molecule has 0 unspecified atom stereocenters. The second kappa shape index (κ2) is 51.1. The van der Waals surface area contributed by atoms with Gasteiger partial charge in [-0.1, -0.05) is 157 Å². The lowest BCUT2D eigenvalue weighted by Gasteiger charge is -2.28. The molecular weight excluding hydrogens is 1980 g/mol. The number of hydrogen-bond acceptors (Lipinski definition) is 17. The number of nitrogens with one attached hydrogen (secondary N) is 5. The molecule has 738 valence electrons. The Labute approximate surface area is 841 Å². The predicted octanol–water partition coefficient (Wildman–Crippen LogP) is 19.0. The highest BCUT2D eigenvalue weighted by molar-refractivity contribution is 9.10. The number of halogens is 3. The Morgan fingerprint density at radius 2 is 0.608 bits per heavy atom. The Balaban J connectivity index is 0.000000150. The van der Waals surface area contributed by atoms with E-state index in [4.69, 9.17) is 5.26 Å². The summed E-state index contributed by atoms with van der Waals surface area (Å²) in [6, 6.07) is 79.9. The van der Waals surface area contributed by atoms with Crippen molar-refractivity contribution in [1.29, 1.82) is 5.26 Å². The van der Waals surface area contributed by atoms with Gasteiger partial charge in [0.1, 0.15) is 11.6 Å². The SMILES string of the molecule is N#Cc1ccccc1/C=C/C(=O)Nc1ccc(S(=O)(=O)N2CCCCC2)cc1.O=C(/C=C/c1c(F)cccc1F)Nc1ccc(S(=O)(=O)N2CCCCC2)cc1.O=C(/C=C/c1ccc(Br)cc1)Nc1ccc(S(=O)(=O)N2CCc3ccccc3C2)cc1.O=C(/C=C/c1ccccc1)Nc1ccc(S(=O)(=O)N2CCc3ccccc3C2)cc1.O=C(/C=C/c1cccnc1)Nc1ccc(S(=O)(=O)N2CCCCC2)cc1. The van der Waals surface area contributed by atoms with Crippen molar-refractivity contribution in [1.82, 2.24) is 26.5 Å². The van der Waals surface area contributed by atoms with Crippen LogP contribution in [-0.4, -0.2) is 150 Å². The number of aromatic nitrogens is 1. The maximum Gasteiger partial charge on any atom is 0.248 e. The van der Waals surface area contributed by atoms with E-state index in [1.165, 1.54) is 136 Å². The van der Waals surface area contributed by atoms with Gasteiger partial charge in [-0.05, 0) is 284 Å². The largest absolute Gasteiger partial charge is 0.323 e. The molecule has 143 heavy (non-hydrogen) atoms. The van der Waals surface area contributed by atoms with Crippen molar-refractivity contribution in [2.75, 3.05) is 78.9 Å². The maximum atomic E-state index is 13.6. The minimum atomic E-state index is -3.60. The molecule has 0 saturated carbocycles. The highest BCUT2D eigenvalue weighted by Crippen LogP contribution is 2.32. The monoisotopic (exact) mass is 2090 g/mol. The van der Waals surface area contributed by atoms with E-state index in [-0.39, 0.29) is 53.7 Å². The van der Waals surface area contributed by atoms with E-state index in [1.54, 1.807) is 116 Å². The van der Waals surface area contributed by atoms with E-state index in [1.807, 2.05) is 109 Å². The lowest BCUT2D eigenvalue weighted by Crippen LogP contribution is -2.35. The minimum Gasteiger partial charge on any atom is -0.323 e. The lowest BCUT2D eigenvalue weighted by atomic mass is 10.0. The van der Waals surface area contributed by atoms with Gasteiger partial charge in [-0.2, -0.15) is 26.8 Å². The number of pyridine rings is 1. The minimum absolute atomic E-state index is 0.163. The number of carbonyl (C=O) groups excluding carboxylic acids is 5. The molecule has 5 N–H and O–H groups in total. The summed E-state index contributed by atoms with van der Waals surface area (Å²) < 4.78 is 163. The van der Waals surface area contributed by atoms with Gasteiger partial charge >= 0.3 is 0 Å². The van der Waals surface area contributed by atoms with Gasteiger partial charge in [0, 0.05) is 147 Å². The van der Waals surface area contributed by atoms with Gasteiger partial charge in [-0.3, -0.25) is 29.0 Å². The smallest absolute Gasteiger partial charge is 0.248 e. The van der Waals surface area contributed by atoms with Crippen LogP contribution < -0.4 is 26.6 Å². The summed E-state index contributed by atoms with van der Waals surface area (Å²) in [6.45, 7) is 4.93. The molecule has 5 aliphatic heterocycles. The molecule has 0 radical (unpaired) electrons. The van der Waals surface area contributed by atoms with Crippen LogP contribution in [-0.2, 0) is 100 Å². The van der Waals surface area contributed by atoms with Gasteiger partial charge in [-0.25, -0.2) is 50.9 Å². The van der Waals surface area contributed by atoms with Crippen LogP contribution in [0.4, 0.5) is 37.2 Å². The molecule has 3 saturated heterocycles. The molecule has 3 fully saturated rings. The van der Waals surface area contributed by atoms with Crippen molar-refractivity contribution in [3.05, 3.63) is 394 Å². The summed E-state index contributed by atoms with van der Waals surface area (Å²) in [5.74, 6) is -3.34. The standard InChI is InChI=1S/C24H21BrN2O3S.C24H22N2O3S.C21H21N3O3S.C20H20F2N2O3S.C19H21N3O3S/c25-21-8-5-18(6-9-21)7-14-24(28)26-22-10-12-23(13-11-22)31(29,30)27-16-15-19-3-1-2-4-20(19)17-27;27-24(15-10-19-6-2-1-3-7-19)25-22-11-13-23(14-12-22)30(28,29)26-17-16-20-8-4-5-9-21(20)18-26;22-16-18-7-3-2-6-17(18)8-13-21(25)23-19-9-11-20(12-10-19)28(26,27)24-14-4-1-5-15-24;21-18-5-4-6-19(22)17(18)11-12-20(25)23-15-7-9-16(10-8-15)28(26,27)24-13-2-1-3-14-24;23-19(11-6-16-5-4-12-20-15-16)21-17-7-9-18(10-8-17)26(24,25)22-13-2-1-3-14-22/h1-14H,15-17H2,(H,26,28);1-15H,16-18H2,(H,25,27);2-3,6-13H,1,4-5,14-15H2,(H,23,25);4-12H,1-3,13-14H2,(H,23,25);4-12,15H,1-3,13-14H2,(H,21,23)/b14-7+;15-10+;13-8+;12-11+;11-6+. The van der Waals surface area contributed by atoms with Crippen LogP contribution in [0.5, 0.6) is 0 Å². The van der Waals surface area contributed by atoms with Crippen molar-refractivity contribution < 1.29 is 74.8 Å². The fourth-order valence-corrected chi connectivity index (χ4v) is 23.4. The number of sulfonamides is 5. The van der Waals surface area contributed by atoms with Crippen LogP contribution in [0, 0.1) is 23.0 Å². The zero-order valence-corrected chi connectivity index (χ0v) is 83.4. The van der Waals surface area contributed by atoms with Crippen LogP contribution in [0.1, 0.15) is 113 Å². The fraction of sp³-hybridized carbons (Fsp3) is 0.194. The van der Waals surface area contributed by atoms with Crippen LogP contribution in [0.25, 0.3) is 30.4 Å². The number of nitrogens with zero attached hydrogens (tertiary/aromatic N) is 7. The van der Waals surface area contributed by atoms with E-state index < -0.39 is 67.7 Å². The van der Waals surface area contributed by atoms with E-state index >= 15 is 0 Å².